The van der Waals surface area contributed by atoms with Gasteiger partial charge in [0.15, 0.2) is 5.13 Å². The van der Waals surface area contributed by atoms with E-state index in [4.69, 9.17) is 4.98 Å². The van der Waals surface area contributed by atoms with Gasteiger partial charge >= 0.3 is 0 Å². The number of aryl methyl sites for hydroxylation is 1. The van der Waals surface area contributed by atoms with Gasteiger partial charge in [0.25, 0.3) is 0 Å². The van der Waals surface area contributed by atoms with Crippen LogP contribution in [0, 0.1) is 12.8 Å². The summed E-state index contributed by atoms with van der Waals surface area (Å²) in [5.41, 5.74) is 2.35. The number of piperidine rings is 1. The Kier molecular flexibility index (Phi) is 4.10. The third kappa shape index (κ3) is 3.02. The van der Waals surface area contributed by atoms with Gasteiger partial charge in [0.05, 0.1) is 10.2 Å². The van der Waals surface area contributed by atoms with Crippen molar-refractivity contribution in [2.45, 2.75) is 26.7 Å². The predicted octanol–water partition coefficient (Wildman–Crippen LogP) is 2.96. The Bertz CT molecular complexity index is 644. The molecule has 1 fully saturated rings. The van der Waals surface area contributed by atoms with Crippen LogP contribution >= 0.6 is 11.3 Å². The summed E-state index contributed by atoms with van der Waals surface area (Å²) in [4.78, 5) is 18.9. The number of anilines is 1. The highest BCUT2D eigenvalue weighted by Crippen LogP contribution is 2.32. The van der Waals surface area contributed by atoms with Crippen LogP contribution in [0.1, 0.15) is 25.3 Å². The number of carbonyl (C=O) groups is 1. The lowest BCUT2D eigenvalue weighted by Gasteiger charge is -2.30. The molecule has 2 aromatic rings. The predicted molar refractivity (Wildman–Crippen MR) is 88.0 cm³/mol. The summed E-state index contributed by atoms with van der Waals surface area (Å²) >= 11 is 1.75. The van der Waals surface area contributed by atoms with E-state index in [0.29, 0.717) is 0 Å². The van der Waals surface area contributed by atoms with Crippen molar-refractivity contribution in [2.24, 2.45) is 5.92 Å². The molecule has 112 valence electrons. The van der Waals surface area contributed by atoms with Gasteiger partial charge in [-0.15, -0.1) is 0 Å². The number of rotatable bonds is 3. The molecule has 3 rings (SSSR count). The highest BCUT2D eigenvalue weighted by atomic mass is 32.1. The van der Waals surface area contributed by atoms with E-state index in [9.17, 15) is 4.79 Å². The van der Waals surface area contributed by atoms with E-state index in [1.54, 1.807) is 11.3 Å². The Balaban J connectivity index is 1.69. The molecule has 1 aromatic heterocycles. The Labute approximate surface area is 129 Å². The molecule has 0 unspecified atom stereocenters. The third-order valence-electron chi connectivity index (χ3n) is 4.02. The van der Waals surface area contributed by atoms with Crippen LogP contribution in [0.4, 0.5) is 5.13 Å². The summed E-state index contributed by atoms with van der Waals surface area (Å²) in [5, 5.41) is 4.02. The van der Waals surface area contributed by atoms with Crippen LogP contribution in [0.25, 0.3) is 10.2 Å². The van der Waals surface area contributed by atoms with Crippen LogP contribution in [0.2, 0.25) is 0 Å². The minimum atomic E-state index is 0.165. The average molecular weight is 303 g/mol. The van der Waals surface area contributed by atoms with Crippen molar-refractivity contribution in [1.29, 1.82) is 0 Å². The Morgan fingerprint density at radius 1 is 1.43 bits per heavy atom. The van der Waals surface area contributed by atoms with Crippen LogP contribution in [0.3, 0.4) is 0 Å². The largest absolute Gasteiger partial charge is 0.356 e. The van der Waals surface area contributed by atoms with Crippen LogP contribution in [0.15, 0.2) is 18.2 Å². The molecule has 1 amide bonds. The number of hydrogen-bond donors (Lipinski definition) is 1. The first-order valence-corrected chi connectivity index (χ1v) is 8.39. The second kappa shape index (κ2) is 6.02. The monoisotopic (exact) mass is 303 g/mol. The number of aromatic nitrogens is 1. The van der Waals surface area contributed by atoms with Gasteiger partial charge in [-0.25, -0.2) is 4.98 Å². The number of carbonyl (C=O) groups excluding carboxylic acids is 1. The maximum absolute atomic E-state index is 11.9. The molecular formula is C16H21N3OS. The Morgan fingerprint density at radius 2 is 2.19 bits per heavy atom. The molecule has 0 radical (unpaired) electrons. The SMILES string of the molecule is CCNC(=O)C1CCN(c2nc3ccc(C)cc3s2)CC1. The van der Waals surface area contributed by atoms with Crippen molar-refractivity contribution in [3.05, 3.63) is 23.8 Å². The van der Waals surface area contributed by atoms with Gasteiger partial charge in [0.2, 0.25) is 5.91 Å². The quantitative estimate of drug-likeness (QED) is 0.948. The summed E-state index contributed by atoms with van der Waals surface area (Å²) in [7, 11) is 0. The minimum Gasteiger partial charge on any atom is -0.356 e. The van der Waals surface area contributed by atoms with Crippen molar-refractivity contribution >= 4 is 32.6 Å². The van der Waals surface area contributed by atoms with E-state index in [1.165, 1.54) is 10.3 Å². The first kappa shape index (κ1) is 14.3. The molecule has 0 aliphatic carbocycles. The zero-order valence-corrected chi connectivity index (χ0v) is 13.4. The molecule has 2 heterocycles. The minimum absolute atomic E-state index is 0.165. The van der Waals surface area contributed by atoms with Gasteiger partial charge in [0, 0.05) is 25.6 Å². The number of amides is 1. The fourth-order valence-electron chi connectivity index (χ4n) is 2.81. The summed E-state index contributed by atoms with van der Waals surface area (Å²) in [6.45, 7) is 6.63. The molecule has 5 heteroatoms. The molecule has 0 saturated carbocycles. The van der Waals surface area contributed by atoms with Gasteiger partial charge in [-0.2, -0.15) is 0 Å². The van der Waals surface area contributed by atoms with E-state index in [0.717, 1.165) is 43.1 Å². The number of thiazole rings is 1. The highest BCUT2D eigenvalue weighted by Gasteiger charge is 2.25. The maximum atomic E-state index is 11.9. The van der Waals surface area contributed by atoms with Gasteiger partial charge in [-0.1, -0.05) is 17.4 Å². The lowest BCUT2D eigenvalue weighted by atomic mass is 9.96. The van der Waals surface area contributed by atoms with E-state index in [-0.39, 0.29) is 11.8 Å². The first-order chi connectivity index (χ1) is 10.2. The number of nitrogens with one attached hydrogen (secondary N) is 1. The molecule has 0 atom stereocenters. The second-order valence-corrected chi connectivity index (χ2v) is 6.63. The fourth-order valence-corrected chi connectivity index (χ4v) is 3.92. The highest BCUT2D eigenvalue weighted by molar-refractivity contribution is 7.22. The van der Waals surface area contributed by atoms with Crippen molar-refractivity contribution < 1.29 is 4.79 Å². The van der Waals surface area contributed by atoms with Gasteiger partial charge < -0.3 is 10.2 Å². The van der Waals surface area contributed by atoms with Crippen molar-refractivity contribution in [3.8, 4) is 0 Å². The molecule has 0 spiro atoms. The van der Waals surface area contributed by atoms with Crippen LogP contribution in [-0.2, 0) is 4.79 Å². The van der Waals surface area contributed by atoms with E-state index < -0.39 is 0 Å². The van der Waals surface area contributed by atoms with E-state index in [2.05, 4.69) is 35.3 Å². The zero-order valence-electron chi connectivity index (χ0n) is 12.6. The number of benzene rings is 1. The van der Waals surface area contributed by atoms with E-state index in [1.807, 2.05) is 6.92 Å². The normalized spacial score (nSPS) is 16.4. The maximum Gasteiger partial charge on any atom is 0.223 e. The molecule has 0 bridgehead atoms. The smallest absolute Gasteiger partial charge is 0.223 e. The molecule has 1 aliphatic heterocycles. The standard InChI is InChI=1S/C16H21N3OS/c1-3-17-15(20)12-6-8-19(9-7-12)16-18-13-5-4-11(2)10-14(13)21-16/h4-5,10,12H,3,6-9H2,1-2H3,(H,17,20). The van der Waals surface area contributed by atoms with Crippen molar-refractivity contribution in [2.75, 3.05) is 24.5 Å². The first-order valence-electron chi connectivity index (χ1n) is 7.57. The lowest BCUT2D eigenvalue weighted by Crippen LogP contribution is -2.40. The topological polar surface area (TPSA) is 45.2 Å². The summed E-state index contributed by atoms with van der Waals surface area (Å²) < 4.78 is 1.25. The van der Waals surface area contributed by atoms with Crippen molar-refractivity contribution in [1.82, 2.24) is 10.3 Å². The zero-order chi connectivity index (χ0) is 14.8. The van der Waals surface area contributed by atoms with Gasteiger partial charge in [0.1, 0.15) is 0 Å². The number of fused-ring (bicyclic) bond motifs is 1. The van der Waals surface area contributed by atoms with Crippen LogP contribution in [-0.4, -0.2) is 30.5 Å². The van der Waals surface area contributed by atoms with Crippen LogP contribution in [0.5, 0.6) is 0 Å². The molecular weight excluding hydrogens is 282 g/mol. The lowest BCUT2D eigenvalue weighted by molar-refractivity contribution is -0.125. The molecule has 1 aliphatic rings. The molecule has 1 N–H and O–H groups in total. The van der Waals surface area contributed by atoms with Gasteiger partial charge in [-0.05, 0) is 44.4 Å². The number of hydrogen-bond acceptors (Lipinski definition) is 4. The summed E-state index contributed by atoms with van der Waals surface area (Å²) in [6.07, 6.45) is 1.83. The average Bonchev–Trinajstić information content (AvgIpc) is 2.90. The number of nitrogens with zero attached hydrogens (tertiary/aromatic N) is 2. The Morgan fingerprint density at radius 3 is 2.90 bits per heavy atom. The molecule has 1 aromatic carbocycles. The summed E-state index contributed by atoms with van der Waals surface area (Å²) in [5.74, 6) is 0.370. The van der Waals surface area contributed by atoms with Crippen molar-refractivity contribution in [3.63, 3.8) is 0 Å². The molecule has 1 saturated heterocycles. The van der Waals surface area contributed by atoms with Crippen LogP contribution < -0.4 is 10.2 Å². The summed E-state index contributed by atoms with van der Waals surface area (Å²) in [6, 6.07) is 6.39. The molecule has 21 heavy (non-hydrogen) atoms. The van der Waals surface area contributed by atoms with Gasteiger partial charge in [-0.3, -0.25) is 4.79 Å². The fraction of sp³-hybridized carbons (Fsp3) is 0.500. The Hall–Kier alpha value is -1.62. The second-order valence-electron chi connectivity index (χ2n) is 5.62. The molecule has 4 nitrogen and oxygen atoms in total. The third-order valence-corrected chi connectivity index (χ3v) is 5.10. The van der Waals surface area contributed by atoms with E-state index >= 15 is 0 Å².